The Morgan fingerprint density at radius 1 is 1.17 bits per heavy atom. The lowest BCUT2D eigenvalue weighted by atomic mass is 9.78. The topological polar surface area (TPSA) is 76.3 Å². The lowest BCUT2D eigenvalue weighted by molar-refractivity contribution is 0.0973. The number of amides is 2. The predicted molar refractivity (Wildman–Crippen MR) is 93.1 cm³/mol. The van der Waals surface area contributed by atoms with Crippen molar-refractivity contribution in [2.24, 2.45) is 5.73 Å². The highest BCUT2D eigenvalue weighted by atomic mass is 16.2. The molecular weight excluding hydrogens is 302 g/mol. The van der Waals surface area contributed by atoms with Crippen LogP contribution in [0.4, 0.5) is 5.69 Å². The predicted octanol–water partition coefficient (Wildman–Crippen LogP) is 2.90. The molecule has 1 aliphatic rings. The van der Waals surface area contributed by atoms with E-state index in [0.29, 0.717) is 17.8 Å². The van der Waals surface area contributed by atoms with E-state index in [9.17, 15) is 9.59 Å². The van der Waals surface area contributed by atoms with Crippen LogP contribution in [0, 0.1) is 0 Å². The highest BCUT2D eigenvalue weighted by Gasteiger charge is 2.42. The van der Waals surface area contributed by atoms with Gasteiger partial charge in [-0.25, -0.2) is 0 Å². The van der Waals surface area contributed by atoms with Crippen molar-refractivity contribution in [2.45, 2.75) is 32.1 Å². The number of carbonyl (C=O) groups excluding carboxylic acids is 2. The Bertz CT molecular complexity index is 779. The van der Waals surface area contributed by atoms with Crippen molar-refractivity contribution in [1.29, 1.82) is 0 Å². The number of anilines is 1. The van der Waals surface area contributed by atoms with Crippen LogP contribution in [0.1, 0.15) is 53.1 Å². The minimum absolute atomic E-state index is 0.0145. The summed E-state index contributed by atoms with van der Waals surface area (Å²) in [5.74, 6) is -0.703. The maximum atomic E-state index is 13.0. The zero-order valence-corrected chi connectivity index (χ0v) is 14.0. The number of nitrogens with two attached hydrogens (primary N) is 1. The Morgan fingerprint density at radius 3 is 2.46 bits per heavy atom. The van der Waals surface area contributed by atoms with Crippen molar-refractivity contribution in [3.05, 3.63) is 59.4 Å². The van der Waals surface area contributed by atoms with Crippen molar-refractivity contribution in [3.63, 3.8) is 0 Å². The number of para-hydroxylation sites is 1. The second kappa shape index (κ2) is 6.07. The first-order chi connectivity index (χ1) is 11.5. The molecule has 2 amide bonds. The molecule has 0 radical (unpaired) electrons. The molecule has 0 saturated carbocycles. The van der Waals surface area contributed by atoms with Crippen molar-refractivity contribution in [1.82, 2.24) is 4.98 Å². The lowest BCUT2D eigenvalue weighted by Crippen LogP contribution is -2.36. The molecule has 124 valence electrons. The number of hydrogen-bond acceptors (Lipinski definition) is 3. The standard InChI is InChI=1S/C19H21N3O2/c1-3-19(4-2)12-22(16-8-6-5-7-14(16)19)18(24)15-10-9-13(11-21-15)17(20)23/h5-11H,3-4,12H2,1-2H3,(H2,20,23). The third-order valence-corrected chi connectivity index (χ3v) is 5.09. The molecular formula is C19H21N3O2. The van der Waals surface area contributed by atoms with Crippen LogP contribution in [0.15, 0.2) is 42.6 Å². The summed E-state index contributed by atoms with van der Waals surface area (Å²) in [4.78, 5) is 30.0. The number of aromatic nitrogens is 1. The molecule has 0 aliphatic carbocycles. The van der Waals surface area contributed by atoms with Gasteiger partial charge in [0.2, 0.25) is 5.91 Å². The van der Waals surface area contributed by atoms with E-state index in [1.807, 2.05) is 18.2 Å². The van der Waals surface area contributed by atoms with Crippen LogP contribution < -0.4 is 10.6 Å². The van der Waals surface area contributed by atoms with E-state index in [-0.39, 0.29) is 11.3 Å². The zero-order chi connectivity index (χ0) is 17.3. The highest BCUT2D eigenvalue weighted by Crippen LogP contribution is 2.45. The minimum Gasteiger partial charge on any atom is -0.366 e. The summed E-state index contributed by atoms with van der Waals surface area (Å²) in [5.41, 5.74) is 7.99. The van der Waals surface area contributed by atoms with Crippen LogP contribution in [0.25, 0.3) is 0 Å². The third-order valence-electron chi connectivity index (χ3n) is 5.09. The van der Waals surface area contributed by atoms with Gasteiger partial charge >= 0.3 is 0 Å². The number of pyridine rings is 1. The van der Waals surface area contributed by atoms with Gasteiger partial charge in [0.05, 0.1) is 5.56 Å². The smallest absolute Gasteiger partial charge is 0.276 e. The lowest BCUT2D eigenvalue weighted by Gasteiger charge is -2.27. The normalized spacial score (nSPS) is 15.2. The Labute approximate surface area is 141 Å². The molecule has 5 heteroatoms. The fraction of sp³-hybridized carbons (Fsp3) is 0.316. The summed E-state index contributed by atoms with van der Waals surface area (Å²) in [6.07, 6.45) is 3.29. The third kappa shape index (κ3) is 2.46. The summed E-state index contributed by atoms with van der Waals surface area (Å²) in [6, 6.07) is 11.2. The first kappa shape index (κ1) is 16.2. The van der Waals surface area contributed by atoms with E-state index < -0.39 is 5.91 Å². The summed E-state index contributed by atoms with van der Waals surface area (Å²) in [7, 11) is 0. The van der Waals surface area contributed by atoms with Gasteiger partial charge in [-0.15, -0.1) is 0 Å². The maximum Gasteiger partial charge on any atom is 0.276 e. The minimum atomic E-state index is -0.552. The molecule has 0 saturated heterocycles. The Kier molecular flexibility index (Phi) is 4.09. The van der Waals surface area contributed by atoms with Crippen LogP contribution in [0.2, 0.25) is 0 Å². The van der Waals surface area contributed by atoms with Gasteiger partial charge in [-0.1, -0.05) is 32.0 Å². The molecule has 0 fully saturated rings. The number of benzene rings is 1. The molecule has 2 aromatic rings. The Balaban J connectivity index is 1.98. The van der Waals surface area contributed by atoms with Gasteiger partial charge in [0.25, 0.3) is 5.91 Å². The highest BCUT2D eigenvalue weighted by molar-refractivity contribution is 6.07. The largest absolute Gasteiger partial charge is 0.366 e. The van der Waals surface area contributed by atoms with Gasteiger partial charge in [-0.2, -0.15) is 0 Å². The molecule has 1 aliphatic heterocycles. The van der Waals surface area contributed by atoms with Crippen LogP contribution in [0.5, 0.6) is 0 Å². The summed E-state index contributed by atoms with van der Waals surface area (Å²) in [6.45, 7) is 4.97. The average molecular weight is 323 g/mol. The van der Waals surface area contributed by atoms with Crippen LogP contribution in [0.3, 0.4) is 0 Å². The van der Waals surface area contributed by atoms with E-state index >= 15 is 0 Å². The molecule has 3 rings (SSSR count). The molecule has 0 spiro atoms. The van der Waals surface area contributed by atoms with E-state index in [2.05, 4.69) is 24.9 Å². The molecule has 1 aromatic carbocycles. The van der Waals surface area contributed by atoms with Gasteiger partial charge in [-0.05, 0) is 36.6 Å². The van der Waals surface area contributed by atoms with Crippen LogP contribution >= 0.6 is 0 Å². The monoisotopic (exact) mass is 323 g/mol. The molecule has 2 heterocycles. The van der Waals surface area contributed by atoms with E-state index in [1.54, 1.807) is 11.0 Å². The average Bonchev–Trinajstić information content (AvgIpc) is 2.96. The number of primary amides is 1. The number of hydrogen-bond donors (Lipinski definition) is 1. The Hall–Kier alpha value is -2.69. The summed E-state index contributed by atoms with van der Waals surface area (Å²) >= 11 is 0. The first-order valence-corrected chi connectivity index (χ1v) is 8.19. The van der Waals surface area contributed by atoms with Gasteiger partial charge in [0, 0.05) is 23.8 Å². The van der Waals surface area contributed by atoms with Crippen LogP contribution in [-0.4, -0.2) is 23.3 Å². The quantitative estimate of drug-likeness (QED) is 0.940. The Morgan fingerprint density at radius 2 is 1.88 bits per heavy atom. The maximum absolute atomic E-state index is 13.0. The molecule has 0 bridgehead atoms. The molecule has 0 unspecified atom stereocenters. The number of nitrogens with zero attached hydrogens (tertiary/aromatic N) is 2. The van der Waals surface area contributed by atoms with E-state index in [4.69, 9.17) is 5.73 Å². The van der Waals surface area contributed by atoms with Crippen molar-refractivity contribution < 1.29 is 9.59 Å². The number of fused-ring (bicyclic) bond motifs is 1. The zero-order valence-electron chi connectivity index (χ0n) is 14.0. The SMILES string of the molecule is CCC1(CC)CN(C(=O)c2ccc(C(N)=O)cn2)c2ccccc21. The fourth-order valence-corrected chi connectivity index (χ4v) is 3.47. The molecule has 0 atom stereocenters. The molecule has 24 heavy (non-hydrogen) atoms. The van der Waals surface area contributed by atoms with Crippen molar-refractivity contribution >= 4 is 17.5 Å². The van der Waals surface area contributed by atoms with E-state index in [1.165, 1.54) is 17.8 Å². The second-order valence-electron chi connectivity index (χ2n) is 6.19. The van der Waals surface area contributed by atoms with Gasteiger partial charge < -0.3 is 10.6 Å². The van der Waals surface area contributed by atoms with Crippen LogP contribution in [-0.2, 0) is 5.41 Å². The van der Waals surface area contributed by atoms with Gasteiger partial charge in [0.1, 0.15) is 5.69 Å². The number of rotatable bonds is 4. The van der Waals surface area contributed by atoms with E-state index in [0.717, 1.165) is 18.5 Å². The second-order valence-corrected chi connectivity index (χ2v) is 6.19. The van der Waals surface area contributed by atoms with Crippen molar-refractivity contribution in [2.75, 3.05) is 11.4 Å². The van der Waals surface area contributed by atoms with Gasteiger partial charge in [-0.3, -0.25) is 14.6 Å². The molecule has 1 aromatic heterocycles. The first-order valence-electron chi connectivity index (χ1n) is 8.19. The van der Waals surface area contributed by atoms with Gasteiger partial charge in [0.15, 0.2) is 0 Å². The van der Waals surface area contributed by atoms with Crippen molar-refractivity contribution in [3.8, 4) is 0 Å². The fourth-order valence-electron chi connectivity index (χ4n) is 3.47. The molecule has 2 N–H and O–H groups in total. The number of carbonyl (C=O) groups is 2. The summed E-state index contributed by atoms with van der Waals surface area (Å²) in [5, 5.41) is 0. The summed E-state index contributed by atoms with van der Waals surface area (Å²) < 4.78 is 0. The molecule has 5 nitrogen and oxygen atoms in total.